The summed E-state index contributed by atoms with van der Waals surface area (Å²) in [5, 5.41) is 4.06. The molecule has 3 N–H and O–H groups in total. The van der Waals surface area contributed by atoms with Crippen molar-refractivity contribution in [1.82, 2.24) is 5.43 Å². The van der Waals surface area contributed by atoms with E-state index in [9.17, 15) is 0 Å². The number of rotatable bonds is 6. The van der Waals surface area contributed by atoms with Gasteiger partial charge in [0.25, 0.3) is 0 Å². The van der Waals surface area contributed by atoms with Crippen molar-refractivity contribution in [3.63, 3.8) is 0 Å². The molecule has 108 valence electrons. The summed E-state index contributed by atoms with van der Waals surface area (Å²) >= 11 is 4.65. The second-order valence-corrected chi connectivity index (χ2v) is 4.85. The van der Waals surface area contributed by atoms with E-state index in [1.54, 1.807) is 6.21 Å². The lowest BCUT2D eigenvalue weighted by Gasteiger charge is -2.06. The van der Waals surface area contributed by atoms with Gasteiger partial charge in [-0.25, -0.2) is 0 Å². The maximum Gasteiger partial charge on any atom is 0.184 e. The molecule has 4 nitrogen and oxygen atoms in total. The topological polar surface area (TPSA) is 59.6 Å². The molecule has 0 radical (unpaired) electrons. The van der Waals surface area contributed by atoms with Gasteiger partial charge in [-0.3, -0.25) is 5.43 Å². The first-order chi connectivity index (χ1) is 10.2. The summed E-state index contributed by atoms with van der Waals surface area (Å²) < 4.78 is 5.72. The van der Waals surface area contributed by atoms with E-state index < -0.39 is 0 Å². The molecule has 21 heavy (non-hydrogen) atoms. The van der Waals surface area contributed by atoms with Crippen molar-refractivity contribution < 1.29 is 4.74 Å². The highest BCUT2D eigenvalue weighted by Gasteiger charge is 1.96. The molecule has 0 bridgehead atoms. The van der Waals surface area contributed by atoms with Crippen LogP contribution in [0.4, 0.5) is 0 Å². The molecular weight excluding hydrogens is 282 g/mol. The van der Waals surface area contributed by atoms with Gasteiger partial charge in [0, 0.05) is 12.6 Å². The van der Waals surface area contributed by atoms with E-state index in [4.69, 9.17) is 10.5 Å². The Hall–Kier alpha value is -2.40. The largest absolute Gasteiger partial charge is 0.489 e. The normalized spacial score (nSPS) is 10.5. The van der Waals surface area contributed by atoms with Crippen LogP contribution in [0.1, 0.15) is 11.1 Å². The van der Waals surface area contributed by atoms with Gasteiger partial charge >= 0.3 is 0 Å². The van der Waals surface area contributed by atoms with Crippen LogP contribution in [0, 0.1) is 0 Å². The van der Waals surface area contributed by atoms with Crippen LogP contribution in [0.3, 0.4) is 0 Å². The number of hydrogen-bond donors (Lipinski definition) is 2. The minimum Gasteiger partial charge on any atom is -0.489 e. The Labute approximate surface area is 129 Å². The molecular formula is C16H17N3OS. The van der Waals surface area contributed by atoms with Crippen LogP contribution in [-0.2, 0) is 13.0 Å². The maximum atomic E-state index is 5.72. The van der Waals surface area contributed by atoms with E-state index in [-0.39, 0.29) is 5.11 Å². The standard InChI is InChI=1S/C16H17N3OS/c17-16(21)19-18-11-10-13-6-8-15(9-7-13)20-12-14-4-2-1-3-5-14/h1-9,11H,10,12H2,(H3,17,19,21)/b18-11+. The van der Waals surface area contributed by atoms with Gasteiger partial charge in [-0.1, -0.05) is 42.5 Å². The van der Waals surface area contributed by atoms with Crippen LogP contribution in [0.15, 0.2) is 59.7 Å². The van der Waals surface area contributed by atoms with Crippen LogP contribution in [-0.4, -0.2) is 11.3 Å². The van der Waals surface area contributed by atoms with Gasteiger partial charge in [-0.05, 0) is 35.5 Å². The average Bonchev–Trinajstić information content (AvgIpc) is 2.51. The van der Waals surface area contributed by atoms with Crippen molar-refractivity contribution in [2.45, 2.75) is 13.0 Å². The Kier molecular flexibility index (Phi) is 5.72. The van der Waals surface area contributed by atoms with Gasteiger partial charge in [-0.2, -0.15) is 5.10 Å². The number of thiocarbonyl (C=S) groups is 1. The summed E-state index contributed by atoms with van der Waals surface area (Å²) in [6, 6.07) is 18.0. The van der Waals surface area contributed by atoms with Crippen molar-refractivity contribution in [1.29, 1.82) is 0 Å². The first-order valence-electron chi connectivity index (χ1n) is 6.56. The Balaban J connectivity index is 1.81. The lowest BCUT2D eigenvalue weighted by Crippen LogP contribution is -2.24. The van der Waals surface area contributed by atoms with Crippen molar-refractivity contribution in [2.24, 2.45) is 10.8 Å². The minimum absolute atomic E-state index is 0.163. The highest BCUT2D eigenvalue weighted by Crippen LogP contribution is 2.14. The second kappa shape index (κ2) is 8.01. The Morgan fingerprint density at radius 1 is 1.10 bits per heavy atom. The van der Waals surface area contributed by atoms with E-state index >= 15 is 0 Å². The molecule has 0 aliphatic rings. The Morgan fingerprint density at radius 2 is 1.81 bits per heavy atom. The molecule has 0 saturated carbocycles. The summed E-state index contributed by atoms with van der Waals surface area (Å²) in [6.07, 6.45) is 2.42. The van der Waals surface area contributed by atoms with Gasteiger partial charge in [0.05, 0.1) is 0 Å². The molecule has 0 saturated heterocycles. The number of nitrogens with zero attached hydrogens (tertiary/aromatic N) is 1. The second-order valence-electron chi connectivity index (χ2n) is 4.41. The van der Waals surface area contributed by atoms with Crippen molar-refractivity contribution >= 4 is 23.5 Å². The third-order valence-electron chi connectivity index (χ3n) is 2.76. The third kappa shape index (κ3) is 5.62. The molecule has 0 fully saturated rings. The fraction of sp³-hybridized carbons (Fsp3) is 0.125. The lowest BCUT2D eigenvalue weighted by molar-refractivity contribution is 0.306. The molecule has 0 atom stereocenters. The number of nitrogens with two attached hydrogens (primary N) is 1. The maximum absolute atomic E-state index is 5.72. The molecule has 0 heterocycles. The fourth-order valence-corrected chi connectivity index (χ4v) is 1.78. The summed E-state index contributed by atoms with van der Waals surface area (Å²) in [4.78, 5) is 0. The molecule has 2 aromatic rings. The molecule has 0 spiro atoms. The monoisotopic (exact) mass is 299 g/mol. The average molecular weight is 299 g/mol. The number of nitrogens with one attached hydrogen (secondary N) is 1. The zero-order chi connectivity index (χ0) is 14.9. The van der Waals surface area contributed by atoms with Gasteiger partial charge in [-0.15, -0.1) is 0 Å². The molecule has 0 aliphatic heterocycles. The summed E-state index contributed by atoms with van der Waals surface area (Å²) in [5.74, 6) is 0.848. The van der Waals surface area contributed by atoms with E-state index in [2.05, 4.69) is 22.7 Å². The minimum atomic E-state index is 0.163. The number of benzene rings is 2. The number of hydrogen-bond acceptors (Lipinski definition) is 3. The smallest absolute Gasteiger partial charge is 0.184 e. The highest BCUT2D eigenvalue weighted by atomic mass is 32.1. The van der Waals surface area contributed by atoms with Gasteiger partial charge in [0.1, 0.15) is 12.4 Å². The Morgan fingerprint density at radius 3 is 2.48 bits per heavy atom. The molecule has 2 rings (SSSR count). The van der Waals surface area contributed by atoms with Gasteiger partial charge in [0.2, 0.25) is 0 Å². The zero-order valence-corrected chi connectivity index (χ0v) is 12.3. The summed E-state index contributed by atoms with van der Waals surface area (Å²) in [6.45, 7) is 0.569. The first-order valence-corrected chi connectivity index (χ1v) is 6.97. The van der Waals surface area contributed by atoms with Crippen molar-refractivity contribution in [3.05, 3.63) is 65.7 Å². The van der Waals surface area contributed by atoms with Crippen LogP contribution in [0.25, 0.3) is 0 Å². The predicted octanol–water partition coefficient (Wildman–Crippen LogP) is 2.63. The number of hydrazone groups is 1. The first kappa shape index (κ1) is 15.0. The molecule has 0 aromatic heterocycles. The van der Waals surface area contributed by atoms with Crippen molar-refractivity contribution in [2.75, 3.05) is 0 Å². The molecule has 0 unspecified atom stereocenters. The molecule has 5 heteroatoms. The van der Waals surface area contributed by atoms with Gasteiger partial charge < -0.3 is 10.5 Å². The number of ether oxygens (including phenoxy) is 1. The van der Waals surface area contributed by atoms with Crippen LogP contribution in [0.5, 0.6) is 5.75 Å². The van der Waals surface area contributed by atoms with Crippen LogP contribution in [0.2, 0.25) is 0 Å². The van der Waals surface area contributed by atoms with E-state index in [1.807, 2.05) is 54.6 Å². The fourth-order valence-electron chi connectivity index (χ4n) is 1.72. The van der Waals surface area contributed by atoms with E-state index in [0.717, 1.165) is 16.9 Å². The third-order valence-corrected chi connectivity index (χ3v) is 2.86. The zero-order valence-electron chi connectivity index (χ0n) is 11.5. The molecule has 0 aliphatic carbocycles. The molecule has 0 amide bonds. The van der Waals surface area contributed by atoms with Crippen LogP contribution < -0.4 is 15.9 Å². The predicted molar refractivity (Wildman–Crippen MR) is 89.3 cm³/mol. The lowest BCUT2D eigenvalue weighted by atomic mass is 10.1. The summed E-state index contributed by atoms with van der Waals surface area (Å²) in [7, 11) is 0. The molecule has 2 aromatic carbocycles. The quantitative estimate of drug-likeness (QED) is 0.489. The van der Waals surface area contributed by atoms with E-state index in [1.165, 1.54) is 0 Å². The summed E-state index contributed by atoms with van der Waals surface area (Å²) in [5.41, 5.74) is 10.1. The van der Waals surface area contributed by atoms with Gasteiger partial charge in [0.15, 0.2) is 5.11 Å². The Bertz CT molecular complexity index is 597. The SMILES string of the molecule is NC(=S)N/N=C/Cc1ccc(OCc2ccccc2)cc1. The van der Waals surface area contributed by atoms with E-state index in [0.29, 0.717) is 13.0 Å². The highest BCUT2D eigenvalue weighted by molar-refractivity contribution is 7.80. The van der Waals surface area contributed by atoms with Crippen LogP contribution >= 0.6 is 12.2 Å². The van der Waals surface area contributed by atoms with Crippen molar-refractivity contribution in [3.8, 4) is 5.75 Å².